The monoisotopic (exact) mass is 260 g/mol. The minimum atomic E-state index is -1.16. The summed E-state index contributed by atoms with van der Waals surface area (Å²) in [6.07, 6.45) is 2.16. The Balaban J connectivity index is 2.47. The van der Waals surface area contributed by atoms with E-state index in [1.807, 2.05) is 4.90 Å². The van der Waals surface area contributed by atoms with Gasteiger partial charge in [-0.3, -0.25) is 0 Å². The van der Waals surface area contributed by atoms with E-state index < -0.39 is 5.97 Å². The molecule has 1 N–H and O–H groups in total. The van der Waals surface area contributed by atoms with Gasteiger partial charge in [-0.2, -0.15) is 0 Å². The third-order valence-electron chi connectivity index (χ3n) is 2.56. The van der Waals surface area contributed by atoms with Crippen molar-refractivity contribution in [2.75, 3.05) is 18.0 Å². The molecule has 0 aromatic carbocycles. The Morgan fingerprint density at radius 1 is 1.38 bits per heavy atom. The van der Waals surface area contributed by atoms with Crippen molar-refractivity contribution < 1.29 is 9.90 Å². The summed E-state index contributed by atoms with van der Waals surface area (Å²) >= 11 is 11.8. The Labute approximate surface area is 103 Å². The van der Waals surface area contributed by atoms with Gasteiger partial charge in [0.15, 0.2) is 5.69 Å². The van der Waals surface area contributed by atoms with E-state index in [2.05, 4.69) is 4.98 Å². The van der Waals surface area contributed by atoms with Gasteiger partial charge in [-0.15, -0.1) is 0 Å². The molecule has 0 atom stereocenters. The zero-order valence-corrected chi connectivity index (χ0v) is 9.92. The van der Waals surface area contributed by atoms with Gasteiger partial charge in [-0.05, 0) is 12.8 Å². The summed E-state index contributed by atoms with van der Waals surface area (Å²) in [6, 6.07) is 1.61. The van der Waals surface area contributed by atoms with Gasteiger partial charge in [0.25, 0.3) is 0 Å². The zero-order valence-electron chi connectivity index (χ0n) is 8.41. The average molecular weight is 261 g/mol. The number of hydrogen-bond acceptors (Lipinski definition) is 3. The maximum absolute atomic E-state index is 10.9. The summed E-state index contributed by atoms with van der Waals surface area (Å²) in [4.78, 5) is 16.7. The number of carboxylic acids is 1. The first kappa shape index (κ1) is 11.5. The van der Waals surface area contributed by atoms with Crippen molar-refractivity contribution in [1.82, 2.24) is 4.98 Å². The van der Waals surface area contributed by atoms with E-state index in [0.717, 1.165) is 25.9 Å². The molecule has 0 bridgehead atoms. The lowest BCUT2D eigenvalue weighted by atomic mass is 10.3. The van der Waals surface area contributed by atoms with E-state index in [1.54, 1.807) is 6.07 Å². The smallest absolute Gasteiger partial charge is 0.356 e. The minimum Gasteiger partial charge on any atom is -0.476 e. The molecule has 1 aliphatic rings. The number of pyridine rings is 1. The number of carboxylic acid groups (broad SMARTS) is 1. The summed E-state index contributed by atoms with van der Waals surface area (Å²) in [5.41, 5.74) is 0.479. The van der Waals surface area contributed by atoms with Crippen LogP contribution in [-0.4, -0.2) is 29.1 Å². The fourth-order valence-electron chi connectivity index (χ4n) is 1.82. The number of aromatic carboxylic acids is 1. The Morgan fingerprint density at radius 3 is 2.56 bits per heavy atom. The van der Waals surface area contributed by atoms with Crippen molar-refractivity contribution >= 4 is 34.9 Å². The number of carbonyl (C=O) groups is 1. The van der Waals surface area contributed by atoms with Gasteiger partial charge in [0.2, 0.25) is 0 Å². The highest BCUT2D eigenvalue weighted by atomic mass is 35.5. The molecule has 1 saturated heterocycles. The maximum Gasteiger partial charge on any atom is 0.356 e. The van der Waals surface area contributed by atoms with Crippen molar-refractivity contribution in [1.29, 1.82) is 0 Å². The molecule has 4 nitrogen and oxygen atoms in total. The van der Waals surface area contributed by atoms with Crippen molar-refractivity contribution in [3.63, 3.8) is 0 Å². The first-order valence-corrected chi connectivity index (χ1v) is 5.69. The molecule has 2 heterocycles. The topological polar surface area (TPSA) is 53.4 Å². The minimum absolute atomic E-state index is 0.156. The molecule has 1 aromatic heterocycles. The molecule has 0 aliphatic carbocycles. The van der Waals surface area contributed by atoms with Gasteiger partial charge < -0.3 is 10.0 Å². The molecule has 86 valence electrons. The summed E-state index contributed by atoms with van der Waals surface area (Å²) in [5.74, 6) is -1.16. The van der Waals surface area contributed by atoms with Crippen LogP contribution in [0.5, 0.6) is 0 Å². The molecule has 1 aromatic rings. The molecule has 16 heavy (non-hydrogen) atoms. The molecule has 0 radical (unpaired) electrons. The largest absolute Gasteiger partial charge is 0.476 e. The van der Waals surface area contributed by atoms with Crippen molar-refractivity contribution in [2.45, 2.75) is 12.8 Å². The Morgan fingerprint density at radius 2 is 2.00 bits per heavy atom. The quantitative estimate of drug-likeness (QED) is 0.831. The standard InChI is InChI=1S/C10H10Cl2N2O2/c11-7-5-6(14-3-1-2-4-14)8(12)9(13-7)10(15)16/h5H,1-4H2,(H,15,16). The molecule has 6 heteroatoms. The highest BCUT2D eigenvalue weighted by molar-refractivity contribution is 6.37. The average Bonchev–Trinajstić information content (AvgIpc) is 2.73. The summed E-state index contributed by atoms with van der Waals surface area (Å²) < 4.78 is 0. The number of hydrogen-bond donors (Lipinski definition) is 1. The molecule has 1 fully saturated rings. The maximum atomic E-state index is 10.9. The lowest BCUT2D eigenvalue weighted by Gasteiger charge is -2.19. The molecule has 0 amide bonds. The van der Waals surface area contributed by atoms with E-state index in [1.165, 1.54) is 0 Å². The lowest BCUT2D eigenvalue weighted by molar-refractivity contribution is 0.0691. The predicted molar refractivity (Wildman–Crippen MR) is 62.7 cm³/mol. The van der Waals surface area contributed by atoms with Crippen LogP contribution in [-0.2, 0) is 0 Å². The van der Waals surface area contributed by atoms with Crippen LogP contribution in [0.15, 0.2) is 6.07 Å². The van der Waals surface area contributed by atoms with Gasteiger partial charge in [0, 0.05) is 19.2 Å². The van der Waals surface area contributed by atoms with Crippen LogP contribution < -0.4 is 4.90 Å². The zero-order chi connectivity index (χ0) is 11.7. The molecule has 0 unspecified atom stereocenters. The van der Waals surface area contributed by atoms with Gasteiger partial charge in [-0.1, -0.05) is 23.2 Å². The van der Waals surface area contributed by atoms with Crippen LogP contribution in [0.4, 0.5) is 5.69 Å². The van der Waals surface area contributed by atoms with E-state index in [-0.39, 0.29) is 15.9 Å². The highest BCUT2D eigenvalue weighted by Crippen LogP contribution is 2.32. The van der Waals surface area contributed by atoms with Gasteiger partial charge in [0.1, 0.15) is 5.15 Å². The van der Waals surface area contributed by atoms with E-state index in [4.69, 9.17) is 28.3 Å². The number of aromatic nitrogens is 1. The van der Waals surface area contributed by atoms with Crippen LogP contribution in [0, 0.1) is 0 Å². The Hall–Kier alpha value is -1.00. The Kier molecular flexibility index (Phi) is 3.21. The van der Waals surface area contributed by atoms with Crippen LogP contribution in [0.3, 0.4) is 0 Å². The van der Waals surface area contributed by atoms with E-state index >= 15 is 0 Å². The van der Waals surface area contributed by atoms with Crippen molar-refractivity contribution in [3.05, 3.63) is 21.9 Å². The second-order valence-electron chi connectivity index (χ2n) is 3.63. The number of halogens is 2. The lowest BCUT2D eigenvalue weighted by Crippen LogP contribution is -2.19. The van der Waals surface area contributed by atoms with Crippen LogP contribution in [0.25, 0.3) is 0 Å². The fraction of sp³-hybridized carbons (Fsp3) is 0.400. The van der Waals surface area contributed by atoms with Gasteiger partial charge >= 0.3 is 5.97 Å². The molecule has 0 saturated carbocycles. The van der Waals surface area contributed by atoms with Crippen molar-refractivity contribution in [2.24, 2.45) is 0 Å². The third kappa shape index (κ3) is 2.08. The van der Waals surface area contributed by atoms with Crippen LogP contribution in [0.1, 0.15) is 23.3 Å². The summed E-state index contributed by atoms with van der Waals surface area (Å²) in [7, 11) is 0. The number of nitrogens with zero attached hydrogens (tertiary/aromatic N) is 2. The first-order valence-electron chi connectivity index (χ1n) is 4.94. The number of rotatable bonds is 2. The second-order valence-corrected chi connectivity index (χ2v) is 4.39. The molecular formula is C10H10Cl2N2O2. The molecular weight excluding hydrogens is 251 g/mol. The van der Waals surface area contributed by atoms with Crippen molar-refractivity contribution in [3.8, 4) is 0 Å². The van der Waals surface area contributed by atoms with Gasteiger partial charge in [0.05, 0.1) is 10.7 Å². The summed E-state index contributed by atoms with van der Waals surface area (Å²) in [5, 5.41) is 9.26. The number of anilines is 1. The van der Waals surface area contributed by atoms with Crippen LogP contribution in [0.2, 0.25) is 10.2 Å². The SMILES string of the molecule is O=C(O)c1nc(Cl)cc(N2CCCC2)c1Cl. The molecule has 0 spiro atoms. The normalized spacial score (nSPS) is 15.5. The molecule has 2 rings (SSSR count). The summed E-state index contributed by atoms with van der Waals surface area (Å²) in [6.45, 7) is 1.75. The third-order valence-corrected chi connectivity index (χ3v) is 3.12. The second kappa shape index (κ2) is 4.47. The van der Waals surface area contributed by atoms with E-state index in [9.17, 15) is 4.79 Å². The highest BCUT2D eigenvalue weighted by Gasteiger charge is 2.21. The fourth-order valence-corrected chi connectivity index (χ4v) is 2.30. The van der Waals surface area contributed by atoms with E-state index in [0.29, 0.717) is 5.69 Å². The Bertz CT molecular complexity index is 431. The van der Waals surface area contributed by atoms with Crippen LogP contribution >= 0.6 is 23.2 Å². The predicted octanol–water partition coefficient (Wildman–Crippen LogP) is 2.69. The molecule has 1 aliphatic heterocycles. The van der Waals surface area contributed by atoms with Gasteiger partial charge in [-0.25, -0.2) is 9.78 Å². The first-order chi connectivity index (χ1) is 7.59.